The molecule has 1 saturated heterocycles. The molecule has 4 amide bonds. The molecule has 52 heavy (non-hydrogen) atoms. The highest BCUT2D eigenvalue weighted by molar-refractivity contribution is 6.00. The van der Waals surface area contributed by atoms with Crippen LogP contribution in [0.5, 0.6) is 0 Å². The van der Waals surface area contributed by atoms with E-state index in [9.17, 15) is 37.5 Å². The van der Waals surface area contributed by atoms with Crippen LogP contribution in [0.2, 0.25) is 0 Å². The molecule has 1 heterocycles. The fourth-order valence-electron chi connectivity index (χ4n) is 5.45. The second-order valence-corrected chi connectivity index (χ2v) is 13.2. The van der Waals surface area contributed by atoms with E-state index in [1.807, 2.05) is 0 Å². The van der Waals surface area contributed by atoms with Gasteiger partial charge in [0, 0.05) is 43.9 Å². The lowest BCUT2D eigenvalue weighted by Crippen LogP contribution is -2.59. The van der Waals surface area contributed by atoms with Crippen LogP contribution in [0.3, 0.4) is 0 Å². The maximum Gasteiger partial charge on any atom is 0.416 e. The standard InChI is InChI=1S/C34H56F3N7O8/c1-22(2)27(29(45)34(35,36)37)42-32(48)26-8-7-17-44(26)33(49)28(23(3)4)43-31(47)25-11-9-24(10-12-25)30(46)38-15-18-51-20-21-52-19-16-40-39-13-5-6-14-41-50/h9-12,22-23,26-29,39-41,45,50H,5-8,13-21H2,1-4H3,(H,38,46)(H,42,48)(H,43,47)/t26-,27?,28-,29?/m0/s1. The molecule has 1 fully saturated rings. The molecule has 0 saturated carbocycles. The van der Waals surface area contributed by atoms with Crippen LogP contribution in [0.1, 0.15) is 74.1 Å². The van der Waals surface area contributed by atoms with Crippen LogP contribution in [0.15, 0.2) is 24.3 Å². The predicted octanol–water partition coefficient (Wildman–Crippen LogP) is 1.11. The number of hydrazine groups is 1. The lowest BCUT2D eigenvalue weighted by molar-refractivity contribution is -0.215. The number of carbonyl (C=O) groups is 4. The van der Waals surface area contributed by atoms with Gasteiger partial charge in [0.2, 0.25) is 11.8 Å². The summed E-state index contributed by atoms with van der Waals surface area (Å²) < 4.78 is 50.6. The zero-order chi connectivity index (χ0) is 38.7. The molecule has 4 atom stereocenters. The van der Waals surface area contributed by atoms with E-state index in [1.165, 1.54) is 43.0 Å². The molecule has 0 aromatic heterocycles. The lowest BCUT2D eigenvalue weighted by atomic mass is 9.97. The van der Waals surface area contributed by atoms with Crippen LogP contribution in [-0.4, -0.2) is 128 Å². The highest BCUT2D eigenvalue weighted by atomic mass is 19.4. The molecule has 1 aromatic rings. The topological polar surface area (TPSA) is 203 Å². The van der Waals surface area contributed by atoms with Gasteiger partial charge in [-0.05, 0) is 61.8 Å². The lowest BCUT2D eigenvalue weighted by Gasteiger charge is -2.33. The van der Waals surface area contributed by atoms with Crippen LogP contribution in [-0.2, 0) is 19.1 Å². The second-order valence-electron chi connectivity index (χ2n) is 13.2. The van der Waals surface area contributed by atoms with Gasteiger partial charge in [-0.15, -0.1) is 0 Å². The smallest absolute Gasteiger partial charge is 0.382 e. The maximum absolute atomic E-state index is 13.6. The number of likely N-dealkylation sites (tertiary alicyclic amines) is 1. The molecule has 0 spiro atoms. The Morgan fingerprint density at radius 2 is 1.40 bits per heavy atom. The van der Waals surface area contributed by atoms with E-state index in [0.29, 0.717) is 44.9 Å². The zero-order valence-corrected chi connectivity index (χ0v) is 30.4. The number of ether oxygens (including phenoxy) is 2. The van der Waals surface area contributed by atoms with Gasteiger partial charge in [-0.3, -0.25) is 30.0 Å². The summed E-state index contributed by atoms with van der Waals surface area (Å²) in [5.74, 6) is -3.43. The van der Waals surface area contributed by atoms with Crippen molar-refractivity contribution in [1.29, 1.82) is 0 Å². The third-order valence-electron chi connectivity index (χ3n) is 8.41. The summed E-state index contributed by atoms with van der Waals surface area (Å²) in [4.78, 5) is 53.7. The molecule has 18 heteroatoms. The summed E-state index contributed by atoms with van der Waals surface area (Å²) in [6.45, 7) is 10.2. The van der Waals surface area contributed by atoms with Gasteiger partial charge in [-0.2, -0.15) is 13.2 Å². The number of alkyl halides is 3. The number of unbranched alkanes of at least 4 members (excludes halogenated alkanes) is 1. The fraction of sp³-hybridized carbons (Fsp3) is 0.706. The Morgan fingerprint density at radius 3 is 1.98 bits per heavy atom. The van der Waals surface area contributed by atoms with Crippen LogP contribution in [0, 0.1) is 11.8 Å². The Bertz CT molecular complexity index is 1240. The highest BCUT2D eigenvalue weighted by Crippen LogP contribution is 2.27. The number of hydrogen-bond acceptors (Lipinski definition) is 11. The van der Waals surface area contributed by atoms with Gasteiger partial charge in [0.15, 0.2) is 6.10 Å². The van der Waals surface area contributed by atoms with Crippen molar-refractivity contribution in [1.82, 2.24) is 37.2 Å². The van der Waals surface area contributed by atoms with Crippen molar-refractivity contribution < 1.29 is 52.1 Å². The number of nitrogens with one attached hydrogen (secondary N) is 6. The normalized spacial score (nSPS) is 16.5. The number of hydroxylamine groups is 1. The van der Waals surface area contributed by atoms with E-state index < -0.39 is 60.0 Å². The third-order valence-corrected chi connectivity index (χ3v) is 8.41. The van der Waals surface area contributed by atoms with Crippen LogP contribution in [0.4, 0.5) is 13.2 Å². The maximum atomic E-state index is 13.6. The zero-order valence-electron chi connectivity index (χ0n) is 30.4. The largest absolute Gasteiger partial charge is 0.416 e. The number of halogens is 3. The molecule has 2 rings (SSSR count). The van der Waals surface area contributed by atoms with Crippen LogP contribution in [0.25, 0.3) is 0 Å². The molecule has 2 unspecified atom stereocenters. The number of nitrogens with zero attached hydrogens (tertiary/aromatic N) is 1. The van der Waals surface area contributed by atoms with Crippen molar-refractivity contribution >= 4 is 23.6 Å². The Kier molecular flexibility index (Phi) is 20.1. The molecule has 8 N–H and O–H groups in total. The number of aliphatic hydroxyl groups is 1. The van der Waals surface area contributed by atoms with Gasteiger partial charge in [-0.1, -0.05) is 27.7 Å². The van der Waals surface area contributed by atoms with E-state index in [1.54, 1.807) is 13.8 Å². The number of hydrogen-bond donors (Lipinski definition) is 8. The van der Waals surface area contributed by atoms with Crippen molar-refractivity contribution in [3.05, 3.63) is 35.4 Å². The Morgan fingerprint density at radius 1 is 0.827 bits per heavy atom. The number of aliphatic hydroxyl groups excluding tert-OH is 1. The van der Waals surface area contributed by atoms with Gasteiger partial charge < -0.3 is 40.6 Å². The van der Waals surface area contributed by atoms with Gasteiger partial charge in [-0.25, -0.2) is 5.48 Å². The molecule has 296 valence electrons. The van der Waals surface area contributed by atoms with Crippen molar-refractivity contribution in [2.24, 2.45) is 11.8 Å². The molecule has 0 bridgehead atoms. The molecule has 0 aliphatic carbocycles. The van der Waals surface area contributed by atoms with Crippen molar-refractivity contribution in [2.75, 3.05) is 59.2 Å². The van der Waals surface area contributed by atoms with Gasteiger partial charge >= 0.3 is 6.18 Å². The molecular weight excluding hydrogens is 691 g/mol. The molecule has 1 aromatic carbocycles. The average molecular weight is 748 g/mol. The molecule has 15 nitrogen and oxygen atoms in total. The number of carbonyl (C=O) groups excluding carboxylic acids is 4. The Balaban J connectivity index is 1.79. The van der Waals surface area contributed by atoms with Crippen LogP contribution >= 0.6 is 0 Å². The molecule has 1 aliphatic rings. The SMILES string of the molecule is CC(C)C(NC(=O)[C@@H]1CCCN1C(=O)[C@@H](NC(=O)c1ccc(C(=O)NCCOCCOCCNNCCCCNO)cc1)C(C)C)C(O)C(F)(F)F. The van der Waals surface area contributed by atoms with Gasteiger partial charge in [0.25, 0.3) is 11.8 Å². The van der Waals surface area contributed by atoms with Crippen molar-refractivity contribution in [2.45, 2.75) is 83.8 Å². The Hall–Kier alpha value is -3.39. The van der Waals surface area contributed by atoms with Gasteiger partial charge in [0.1, 0.15) is 12.1 Å². The summed E-state index contributed by atoms with van der Waals surface area (Å²) in [5, 5.41) is 26.0. The third kappa shape index (κ3) is 15.3. The van der Waals surface area contributed by atoms with E-state index >= 15 is 0 Å². The summed E-state index contributed by atoms with van der Waals surface area (Å²) in [5.41, 5.74) is 8.69. The summed E-state index contributed by atoms with van der Waals surface area (Å²) in [6.07, 6.45) is -5.28. The fourth-order valence-corrected chi connectivity index (χ4v) is 5.45. The van der Waals surface area contributed by atoms with E-state index in [-0.39, 0.29) is 37.6 Å². The molecule has 1 aliphatic heterocycles. The highest BCUT2D eigenvalue weighted by Gasteiger charge is 2.47. The predicted molar refractivity (Wildman–Crippen MR) is 185 cm³/mol. The van der Waals surface area contributed by atoms with E-state index in [0.717, 1.165) is 19.4 Å². The summed E-state index contributed by atoms with van der Waals surface area (Å²) in [6, 6.07) is 2.14. The first-order chi connectivity index (χ1) is 24.7. The van der Waals surface area contributed by atoms with Gasteiger partial charge in [0.05, 0.1) is 32.5 Å². The number of rotatable bonds is 24. The number of amides is 4. The first-order valence-corrected chi connectivity index (χ1v) is 17.7. The Labute approximate surface area is 303 Å². The first-order valence-electron chi connectivity index (χ1n) is 17.7. The molecule has 0 radical (unpaired) electrons. The summed E-state index contributed by atoms with van der Waals surface area (Å²) >= 11 is 0. The quantitative estimate of drug-likeness (QED) is 0.0557. The average Bonchev–Trinajstić information content (AvgIpc) is 3.60. The van der Waals surface area contributed by atoms with Crippen molar-refractivity contribution in [3.63, 3.8) is 0 Å². The molecular formula is C34H56F3N7O8. The first kappa shape index (κ1) is 44.8. The van der Waals surface area contributed by atoms with E-state index in [4.69, 9.17) is 14.7 Å². The monoisotopic (exact) mass is 747 g/mol. The van der Waals surface area contributed by atoms with Crippen LogP contribution < -0.4 is 32.3 Å². The minimum Gasteiger partial charge on any atom is -0.382 e. The number of benzene rings is 1. The van der Waals surface area contributed by atoms with Crippen molar-refractivity contribution in [3.8, 4) is 0 Å². The minimum atomic E-state index is -4.94. The second kappa shape index (κ2) is 23.3. The summed E-state index contributed by atoms with van der Waals surface area (Å²) in [7, 11) is 0. The minimum absolute atomic E-state index is 0.176. The van der Waals surface area contributed by atoms with E-state index in [2.05, 4.69) is 32.3 Å².